The van der Waals surface area contributed by atoms with Crippen LogP contribution in [0, 0.1) is 0 Å². The number of hydrogen-bond donors (Lipinski definition) is 1. The van der Waals surface area contributed by atoms with Gasteiger partial charge < -0.3 is 19.0 Å². The van der Waals surface area contributed by atoms with Gasteiger partial charge in [0, 0.05) is 0 Å². The number of rotatable bonds is 2. The van der Waals surface area contributed by atoms with Crippen molar-refractivity contribution in [3.8, 4) is 22.8 Å². The van der Waals surface area contributed by atoms with Gasteiger partial charge in [-0.3, -0.25) is 0 Å². The third-order valence-corrected chi connectivity index (χ3v) is 2.58. The molecule has 1 N–H and O–H groups in total. The summed E-state index contributed by atoms with van der Waals surface area (Å²) < 4.78 is 16.1. The summed E-state index contributed by atoms with van der Waals surface area (Å²) in [6, 6.07) is 5.21. The first kappa shape index (κ1) is 10.6. The van der Waals surface area contributed by atoms with E-state index in [9.17, 15) is 4.79 Å². The first-order valence-electron chi connectivity index (χ1n) is 5.33. The summed E-state index contributed by atoms with van der Waals surface area (Å²) in [6.07, 6.45) is 1.10. The third-order valence-electron chi connectivity index (χ3n) is 2.58. The molecule has 1 aromatic carbocycles. The van der Waals surface area contributed by atoms with E-state index in [2.05, 4.69) is 4.98 Å². The van der Waals surface area contributed by atoms with Gasteiger partial charge in [0.25, 0.3) is 0 Å². The number of benzene rings is 1. The fourth-order valence-electron chi connectivity index (χ4n) is 1.84. The van der Waals surface area contributed by atoms with E-state index in [0.717, 1.165) is 6.39 Å². The molecule has 92 valence electrons. The maximum atomic E-state index is 11.0. The predicted molar refractivity (Wildman–Crippen MR) is 59.9 cm³/mol. The minimum Gasteiger partial charge on any atom is -0.486 e. The molecule has 0 amide bonds. The van der Waals surface area contributed by atoms with Gasteiger partial charge in [-0.15, -0.1) is 0 Å². The molecule has 1 aliphatic rings. The summed E-state index contributed by atoms with van der Waals surface area (Å²) in [5, 5.41) is 9.03. The zero-order chi connectivity index (χ0) is 12.5. The second kappa shape index (κ2) is 4.06. The molecule has 0 bridgehead atoms. The van der Waals surface area contributed by atoms with Gasteiger partial charge in [-0.1, -0.05) is 6.07 Å². The molecule has 6 heteroatoms. The average Bonchev–Trinajstić information content (AvgIpc) is 2.87. The summed E-state index contributed by atoms with van der Waals surface area (Å²) in [5.41, 5.74) is 0.389. The molecule has 6 nitrogen and oxygen atoms in total. The Morgan fingerprint density at radius 1 is 1.28 bits per heavy atom. The van der Waals surface area contributed by atoms with E-state index in [1.54, 1.807) is 18.2 Å². The minimum absolute atomic E-state index is 0.141. The normalized spacial score (nSPS) is 13.3. The number of hydrogen-bond acceptors (Lipinski definition) is 5. The molecule has 0 radical (unpaired) electrons. The lowest BCUT2D eigenvalue weighted by molar-refractivity contribution is 0.0691. The molecule has 1 aliphatic heterocycles. The standard InChI is InChI=1S/C12H9NO5/c14-12(15)9-11(18-6-13-9)7-2-1-3-8-10(7)17-5-4-16-8/h1-3,6H,4-5H2,(H,14,15). The monoisotopic (exact) mass is 247 g/mol. The fourth-order valence-corrected chi connectivity index (χ4v) is 1.84. The Kier molecular flexibility index (Phi) is 2.40. The zero-order valence-electron chi connectivity index (χ0n) is 9.25. The van der Waals surface area contributed by atoms with Crippen LogP contribution in [0.1, 0.15) is 10.5 Å². The Hall–Kier alpha value is -2.50. The van der Waals surface area contributed by atoms with Crippen molar-refractivity contribution in [3.63, 3.8) is 0 Å². The molecule has 0 saturated carbocycles. The van der Waals surface area contributed by atoms with Crippen molar-refractivity contribution in [1.82, 2.24) is 4.98 Å². The first-order chi connectivity index (χ1) is 8.77. The van der Waals surface area contributed by atoms with Gasteiger partial charge in [0.1, 0.15) is 13.2 Å². The lowest BCUT2D eigenvalue weighted by atomic mass is 10.1. The topological polar surface area (TPSA) is 81.8 Å². The van der Waals surface area contributed by atoms with Gasteiger partial charge >= 0.3 is 5.97 Å². The molecule has 0 aliphatic carbocycles. The Morgan fingerprint density at radius 3 is 2.94 bits per heavy atom. The molecule has 1 aromatic heterocycles. The number of fused-ring (bicyclic) bond motifs is 1. The molecule has 3 rings (SSSR count). The van der Waals surface area contributed by atoms with Crippen molar-refractivity contribution in [3.05, 3.63) is 30.3 Å². The lowest BCUT2D eigenvalue weighted by Crippen LogP contribution is -2.16. The molecule has 0 atom stereocenters. The van der Waals surface area contributed by atoms with Crippen LogP contribution in [0.15, 0.2) is 29.0 Å². The zero-order valence-corrected chi connectivity index (χ0v) is 9.25. The van der Waals surface area contributed by atoms with Crippen LogP contribution in [0.4, 0.5) is 0 Å². The van der Waals surface area contributed by atoms with E-state index in [-0.39, 0.29) is 11.5 Å². The van der Waals surface area contributed by atoms with E-state index >= 15 is 0 Å². The maximum absolute atomic E-state index is 11.0. The van der Waals surface area contributed by atoms with Crippen molar-refractivity contribution in [2.45, 2.75) is 0 Å². The summed E-state index contributed by atoms with van der Waals surface area (Å²) in [5.74, 6) is 0.0902. The quantitative estimate of drug-likeness (QED) is 0.871. The van der Waals surface area contributed by atoms with E-state index in [0.29, 0.717) is 30.3 Å². The highest BCUT2D eigenvalue weighted by Gasteiger charge is 2.24. The van der Waals surface area contributed by atoms with Gasteiger partial charge in [-0.2, -0.15) is 0 Å². The van der Waals surface area contributed by atoms with Crippen LogP contribution in [-0.2, 0) is 0 Å². The van der Waals surface area contributed by atoms with Crippen LogP contribution in [0.25, 0.3) is 11.3 Å². The summed E-state index contributed by atoms with van der Waals surface area (Å²) in [6.45, 7) is 0.888. The lowest BCUT2D eigenvalue weighted by Gasteiger charge is -2.20. The van der Waals surface area contributed by atoms with Crippen LogP contribution in [0.5, 0.6) is 11.5 Å². The van der Waals surface area contributed by atoms with Crippen LogP contribution in [0.3, 0.4) is 0 Å². The minimum atomic E-state index is -1.15. The van der Waals surface area contributed by atoms with E-state index in [1.165, 1.54) is 0 Å². The Morgan fingerprint density at radius 2 is 2.11 bits per heavy atom. The predicted octanol–water partition coefficient (Wildman–Crippen LogP) is 1.81. The highest BCUT2D eigenvalue weighted by Crippen LogP contribution is 2.40. The number of aromatic nitrogens is 1. The Balaban J connectivity index is 2.17. The molecule has 2 heterocycles. The van der Waals surface area contributed by atoms with Crippen LogP contribution < -0.4 is 9.47 Å². The molecule has 0 unspecified atom stereocenters. The smallest absolute Gasteiger partial charge is 0.358 e. The summed E-state index contributed by atoms with van der Waals surface area (Å²) in [4.78, 5) is 14.7. The Labute approximate surface area is 102 Å². The number of nitrogens with zero attached hydrogens (tertiary/aromatic N) is 1. The van der Waals surface area contributed by atoms with E-state index < -0.39 is 5.97 Å². The largest absolute Gasteiger partial charge is 0.486 e. The van der Waals surface area contributed by atoms with Crippen LogP contribution in [0.2, 0.25) is 0 Å². The first-order valence-corrected chi connectivity index (χ1v) is 5.33. The number of carboxylic acids is 1. The second-order valence-corrected chi connectivity index (χ2v) is 3.67. The fraction of sp³-hybridized carbons (Fsp3) is 0.167. The summed E-state index contributed by atoms with van der Waals surface area (Å²) >= 11 is 0. The molecular weight excluding hydrogens is 238 g/mol. The SMILES string of the molecule is O=C(O)c1ncoc1-c1cccc2c1OCCO2. The summed E-state index contributed by atoms with van der Waals surface area (Å²) in [7, 11) is 0. The average molecular weight is 247 g/mol. The number of ether oxygens (including phenoxy) is 2. The van der Waals surface area contributed by atoms with Crippen molar-refractivity contribution in [2.24, 2.45) is 0 Å². The molecular formula is C12H9NO5. The van der Waals surface area contributed by atoms with E-state index in [1.807, 2.05) is 0 Å². The molecule has 2 aromatic rings. The second-order valence-electron chi connectivity index (χ2n) is 3.67. The van der Waals surface area contributed by atoms with Gasteiger partial charge in [0.2, 0.25) is 0 Å². The van der Waals surface area contributed by atoms with Crippen molar-refractivity contribution >= 4 is 5.97 Å². The number of oxazole rings is 1. The van der Waals surface area contributed by atoms with Crippen molar-refractivity contribution in [1.29, 1.82) is 0 Å². The number of carboxylic acid groups (broad SMARTS) is 1. The highest BCUT2D eigenvalue weighted by atomic mass is 16.6. The van der Waals surface area contributed by atoms with E-state index in [4.69, 9.17) is 19.0 Å². The van der Waals surface area contributed by atoms with Crippen LogP contribution in [-0.4, -0.2) is 29.3 Å². The molecule has 0 saturated heterocycles. The number of aromatic carboxylic acids is 1. The van der Waals surface area contributed by atoms with Gasteiger partial charge in [0.05, 0.1) is 5.56 Å². The number of carbonyl (C=O) groups is 1. The van der Waals surface area contributed by atoms with Gasteiger partial charge in [-0.25, -0.2) is 9.78 Å². The molecule has 18 heavy (non-hydrogen) atoms. The van der Waals surface area contributed by atoms with Gasteiger partial charge in [0.15, 0.2) is 29.3 Å². The van der Waals surface area contributed by atoms with Crippen molar-refractivity contribution < 1.29 is 23.8 Å². The molecule has 0 spiro atoms. The maximum Gasteiger partial charge on any atom is 0.358 e. The number of para-hydroxylation sites is 1. The third kappa shape index (κ3) is 1.58. The van der Waals surface area contributed by atoms with Crippen molar-refractivity contribution in [2.75, 3.05) is 13.2 Å². The van der Waals surface area contributed by atoms with Gasteiger partial charge in [-0.05, 0) is 12.1 Å². The molecule has 0 fully saturated rings. The Bertz CT molecular complexity index is 604. The van der Waals surface area contributed by atoms with Crippen LogP contribution >= 0.6 is 0 Å². The highest BCUT2D eigenvalue weighted by molar-refractivity contribution is 5.93.